The van der Waals surface area contributed by atoms with Crippen molar-refractivity contribution in [3.8, 4) is 5.75 Å². The largest absolute Gasteiger partial charge is 0.573 e. The number of nitrogens with zero attached hydrogens (tertiary/aromatic N) is 3. The van der Waals surface area contributed by atoms with E-state index in [2.05, 4.69) is 20.0 Å². The molecule has 1 aromatic carbocycles. The van der Waals surface area contributed by atoms with E-state index in [1.807, 2.05) is 0 Å². The standard InChI is InChI=1S/C19H23F3N6O3/c20-19(21,22)31-14-3-1-2-12(8-14)10-25-18-26-15(16(28(29)30)17(24)27-18)9-11-4-6-13(23)7-5-11/h1-3,8,11,13H,4-7,9-10,23H2,(H3,24,25,26,27). The van der Waals surface area contributed by atoms with Crippen LogP contribution in [0.3, 0.4) is 0 Å². The second-order valence-electron chi connectivity index (χ2n) is 7.52. The molecule has 1 heterocycles. The van der Waals surface area contributed by atoms with E-state index in [0.717, 1.165) is 25.7 Å². The molecule has 0 atom stereocenters. The first-order valence-electron chi connectivity index (χ1n) is 9.75. The minimum absolute atomic E-state index is 0.0627. The molecule has 31 heavy (non-hydrogen) atoms. The van der Waals surface area contributed by atoms with Crippen LogP contribution in [0.25, 0.3) is 0 Å². The van der Waals surface area contributed by atoms with Crippen molar-refractivity contribution in [2.24, 2.45) is 11.7 Å². The lowest BCUT2D eigenvalue weighted by Crippen LogP contribution is -2.27. The molecule has 0 bridgehead atoms. The number of nitro groups is 1. The first-order chi connectivity index (χ1) is 14.6. The van der Waals surface area contributed by atoms with Gasteiger partial charge in [-0.15, -0.1) is 13.2 Å². The number of nitrogens with two attached hydrogens (primary N) is 2. The molecular weight excluding hydrogens is 417 g/mol. The zero-order chi connectivity index (χ0) is 22.6. The molecule has 2 aromatic rings. The molecule has 168 valence electrons. The van der Waals surface area contributed by atoms with Crippen LogP contribution in [0.5, 0.6) is 5.75 Å². The van der Waals surface area contributed by atoms with Gasteiger partial charge in [-0.2, -0.15) is 4.98 Å². The van der Waals surface area contributed by atoms with Crippen LogP contribution >= 0.6 is 0 Å². The van der Waals surface area contributed by atoms with Crippen LogP contribution in [0.1, 0.15) is 36.9 Å². The quantitative estimate of drug-likeness (QED) is 0.438. The average Bonchev–Trinajstić information content (AvgIpc) is 2.66. The predicted octanol–water partition coefficient (Wildman–Crippen LogP) is 3.54. The van der Waals surface area contributed by atoms with E-state index in [-0.39, 0.29) is 47.4 Å². The van der Waals surface area contributed by atoms with Crippen molar-refractivity contribution in [1.29, 1.82) is 0 Å². The summed E-state index contributed by atoms with van der Waals surface area (Å²) in [5, 5.41) is 14.3. The Labute approximate surface area is 176 Å². The molecule has 9 nitrogen and oxygen atoms in total. The molecule has 0 radical (unpaired) electrons. The average molecular weight is 440 g/mol. The monoisotopic (exact) mass is 440 g/mol. The first kappa shape index (κ1) is 22.5. The summed E-state index contributed by atoms with van der Waals surface area (Å²) in [7, 11) is 0. The summed E-state index contributed by atoms with van der Waals surface area (Å²) in [6, 6.07) is 5.57. The van der Waals surface area contributed by atoms with Gasteiger partial charge in [0, 0.05) is 12.6 Å². The molecule has 1 aliphatic carbocycles. The number of nitrogens with one attached hydrogen (secondary N) is 1. The third kappa shape index (κ3) is 6.41. The van der Waals surface area contributed by atoms with Crippen LogP contribution in [-0.4, -0.2) is 27.3 Å². The summed E-state index contributed by atoms with van der Waals surface area (Å²) in [5.41, 5.74) is 12.1. The molecule has 1 fully saturated rings. The van der Waals surface area contributed by atoms with Crippen molar-refractivity contribution in [2.45, 2.75) is 51.1 Å². The number of benzene rings is 1. The normalized spacial score (nSPS) is 19.1. The summed E-state index contributed by atoms with van der Waals surface area (Å²) < 4.78 is 41.1. The zero-order valence-electron chi connectivity index (χ0n) is 16.6. The van der Waals surface area contributed by atoms with Gasteiger partial charge in [0.25, 0.3) is 0 Å². The minimum Gasteiger partial charge on any atom is -0.406 e. The van der Waals surface area contributed by atoms with E-state index in [4.69, 9.17) is 11.5 Å². The maximum Gasteiger partial charge on any atom is 0.573 e. The van der Waals surface area contributed by atoms with Gasteiger partial charge in [0.15, 0.2) is 0 Å². The van der Waals surface area contributed by atoms with Crippen LogP contribution in [0.15, 0.2) is 24.3 Å². The summed E-state index contributed by atoms with van der Waals surface area (Å²) in [5.74, 6) is -0.351. The van der Waals surface area contributed by atoms with Crippen LogP contribution < -0.4 is 21.5 Å². The van der Waals surface area contributed by atoms with Gasteiger partial charge < -0.3 is 21.5 Å². The van der Waals surface area contributed by atoms with E-state index >= 15 is 0 Å². The Morgan fingerprint density at radius 3 is 2.58 bits per heavy atom. The SMILES string of the molecule is Nc1nc(NCc2cccc(OC(F)(F)F)c2)nc(CC2CCC(N)CC2)c1[N+](=O)[O-]. The van der Waals surface area contributed by atoms with Crippen LogP contribution in [0.2, 0.25) is 0 Å². The number of nitrogen functional groups attached to an aromatic ring is 1. The Kier molecular flexibility index (Phi) is 6.78. The topological polar surface area (TPSA) is 142 Å². The van der Waals surface area contributed by atoms with Crippen LogP contribution in [0, 0.1) is 16.0 Å². The lowest BCUT2D eigenvalue weighted by molar-refractivity contribution is -0.385. The van der Waals surface area contributed by atoms with Crippen LogP contribution in [0.4, 0.5) is 30.6 Å². The van der Waals surface area contributed by atoms with Crippen molar-refractivity contribution in [1.82, 2.24) is 9.97 Å². The molecule has 12 heteroatoms. The number of anilines is 2. The highest BCUT2D eigenvalue weighted by Crippen LogP contribution is 2.32. The Morgan fingerprint density at radius 2 is 1.94 bits per heavy atom. The summed E-state index contributed by atoms with van der Waals surface area (Å²) in [6.07, 6.45) is -1.03. The van der Waals surface area contributed by atoms with Gasteiger partial charge in [0.1, 0.15) is 11.4 Å². The highest BCUT2D eigenvalue weighted by atomic mass is 19.4. The van der Waals surface area contributed by atoms with Gasteiger partial charge in [0.05, 0.1) is 4.92 Å². The third-order valence-electron chi connectivity index (χ3n) is 5.12. The van der Waals surface area contributed by atoms with E-state index < -0.39 is 11.3 Å². The fourth-order valence-corrected chi connectivity index (χ4v) is 3.64. The fourth-order valence-electron chi connectivity index (χ4n) is 3.64. The molecule has 1 saturated carbocycles. The molecule has 0 spiro atoms. The lowest BCUT2D eigenvalue weighted by atomic mass is 9.83. The van der Waals surface area contributed by atoms with Gasteiger partial charge in [-0.05, 0) is 55.7 Å². The number of hydrogen-bond donors (Lipinski definition) is 3. The van der Waals surface area contributed by atoms with Gasteiger partial charge in [-0.1, -0.05) is 12.1 Å². The maximum absolute atomic E-state index is 12.4. The number of hydrogen-bond acceptors (Lipinski definition) is 8. The minimum atomic E-state index is -4.79. The van der Waals surface area contributed by atoms with Crippen molar-refractivity contribution in [3.63, 3.8) is 0 Å². The Balaban J connectivity index is 1.75. The molecule has 0 saturated heterocycles. The molecule has 0 aliphatic heterocycles. The second-order valence-corrected chi connectivity index (χ2v) is 7.52. The van der Waals surface area contributed by atoms with Crippen molar-refractivity contribution in [2.75, 3.05) is 11.1 Å². The summed E-state index contributed by atoms with van der Waals surface area (Å²) in [4.78, 5) is 19.1. The summed E-state index contributed by atoms with van der Waals surface area (Å²) >= 11 is 0. The van der Waals surface area contributed by atoms with Gasteiger partial charge >= 0.3 is 12.0 Å². The number of rotatable bonds is 7. The Hall–Kier alpha value is -3.15. The van der Waals surface area contributed by atoms with Crippen LogP contribution in [-0.2, 0) is 13.0 Å². The lowest BCUT2D eigenvalue weighted by Gasteiger charge is -2.25. The van der Waals surface area contributed by atoms with Crippen molar-refractivity contribution in [3.05, 3.63) is 45.6 Å². The van der Waals surface area contributed by atoms with Gasteiger partial charge in [0.2, 0.25) is 11.8 Å². The molecule has 0 amide bonds. The Morgan fingerprint density at radius 1 is 1.23 bits per heavy atom. The van der Waals surface area contributed by atoms with E-state index in [1.165, 1.54) is 18.2 Å². The fraction of sp³-hybridized carbons (Fsp3) is 0.474. The molecule has 1 aromatic heterocycles. The Bertz CT molecular complexity index is 933. The van der Waals surface area contributed by atoms with E-state index in [9.17, 15) is 23.3 Å². The van der Waals surface area contributed by atoms with Crippen molar-refractivity contribution < 1.29 is 22.8 Å². The van der Waals surface area contributed by atoms with Crippen molar-refractivity contribution >= 4 is 17.5 Å². The van der Waals surface area contributed by atoms with Gasteiger partial charge in [-0.25, -0.2) is 4.98 Å². The molecule has 5 N–H and O–H groups in total. The maximum atomic E-state index is 12.4. The molecule has 3 rings (SSSR count). The van der Waals surface area contributed by atoms with E-state index in [0.29, 0.717) is 12.0 Å². The number of ether oxygens (including phenoxy) is 1. The second kappa shape index (κ2) is 9.33. The number of halogens is 3. The highest BCUT2D eigenvalue weighted by molar-refractivity contribution is 5.58. The molecule has 1 aliphatic rings. The van der Waals surface area contributed by atoms with E-state index in [1.54, 1.807) is 6.07 Å². The third-order valence-corrected chi connectivity index (χ3v) is 5.12. The zero-order valence-corrected chi connectivity index (χ0v) is 16.6. The van der Waals surface area contributed by atoms with Gasteiger partial charge in [-0.3, -0.25) is 10.1 Å². The first-order valence-corrected chi connectivity index (χ1v) is 9.75. The number of aromatic nitrogens is 2. The smallest absolute Gasteiger partial charge is 0.406 e. The molecular formula is C19H23F3N6O3. The molecule has 0 unspecified atom stereocenters. The predicted molar refractivity (Wildman–Crippen MR) is 107 cm³/mol. The summed E-state index contributed by atoms with van der Waals surface area (Å²) in [6.45, 7) is 0.0734. The highest BCUT2D eigenvalue weighted by Gasteiger charge is 2.31. The number of alkyl halides is 3.